The summed E-state index contributed by atoms with van der Waals surface area (Å²) in [6.45, 7) is 4.01. The molecule has 1 N–H and O–H groups in total. The van der Waals surface area contributed by atoms with E-state index in [9.17, 15) is 9.90 Å². The van der Waals surface area contributed by atoms with Gasteiger partial charge in [0.2, 0.25) is 0 Å². The van der Waals surface area contributed by atoms with Crippen LogP contribution < -0.4 is 19.5 Å². The number of hydrogen-bond donors (Lipinski definition) is 1. The number of carboxylic acid groups (broad SMARTS) is 1. The van der Waals surface area contributed by atoms with E-state index in [4.69, 9.17) is 14.5 Å². The normalized spacial score (nSPS) is 16.9. The number of rotatable bonds is 6. The molecule has 0 fully saturated rings. The van der Waals surface area contributed by atoms with E-state index in [0.29, 0.717) is 35.6 Å². The summed E-state index contributed by atoms with van der Waals surface area (Å²) >= 11 is 0. The van der Waals surface area contributed by atoms with Crippen LogP contribution in [0.25, 0.3) is 22.6 Å². The minimum atomic E-state index is -1.16. The predicted molar refractivity (Wildman–Crippen MR) is 118 cm³/mol. The number of para-hydroxylation sites is 1. The maximum absolute atomic E-state index is 12.1. The first-order valence-electron chi connectivity index (χ1n) is 10.5. The average Bonchev–Trinajstić information content (AvgIpc) is 2.76. The monoisotopic (exact) mass is 418 g/mol. The second-order valence-corrected chi connectivity index (χ2v) is 7.86. The number of benzene rings is 2. The lowest BCUT2D eigenvalue weighted by molar-refractivity contribution is -0.887. The van der Waals surface area contributed by atoms with Gasteiger partial charge in [0.25, 0.3) is 0 Å². The van der Waals surface area contributed by atoms with Gasteiger partial charge in [0.05, 0.1) is 37.9 Å². The van der Waals surface area contributed by atoms with Crippen LogP contribution in [0.4, 0.5) is 0 Å². The van der Waals surface area contributed by atoms with Gasteiger partial charge >= 0.3 is 0 Å². The number of nitrogens with zero attached hydrogens (tertiary/aromatic N) is 1. The largest absolute Gasteiger partial charge is 0.545 e. The third kappa shape index (κ3) is 4.11. The molecule has 3 aromatic rings. The molecule has 0 aliphatic carbocycles. The molecule has 1 aliphatic heterocycles. The molecular weight excluding hydrogens is 392 g/mol. The lowest BCUT2D eigenvalue weighted by atomic mass is 9.92. The fourth-order valence-electron chi connectivity index (χ4n) is 4.12. The zero-order chi connectivity index (χ0) is 22.0. The van der Waals surface area contributed by atoms with E-state index < -0.39 is 5.97 Å². The minimum Gasteiger partial charge on any atom is -0.545 e. The van der Waals surface area contributed by atoms with Crippen LogP contribution in [-0.4, -0.2) is 38.3 Å². The highest BCUT2D eigenvalue weighted by molar-refractivity contribution is 6.05. The van der Waals surface area contributed by atoms with Crippen molar-refractivity contribution in [3.63, 3.8) is 0 Å². The topological polar surface area (TPSA) is 75.9 Å². The minimum absolute atomic E-state index is 0.242. The molecule has 1 atom stereocenters. The van der Waals surface area contributed by atoms with Gasteiger partial charge in [0.15, 0.2) is 11.5 Å². The highest BCUT2D eigenvalue weighted by Gasteiger charge is 2.27. The van der Waals surface area contributed by atoms with Crippen molar-refractivity contribution in [2.24, 2.45) is 0 Å². The van der Waals surface area contributed by atoms with E-state index in [1.54, 1.807) is 13.2 Å². The Morgan fingerprint density at radius 3 is 2.74 bits per heavy atom. The number of aromatic nitrogens is 1. The number of likely N-dealkylation sites (N-methyl/N-ethyl adjacent to an activating group) is 1. The number of ether oxygens (including phenoxy) is 2. The molecule has 2 aromatic carbocycles. The summed E-state index contributed by atoms with van der Waals surface area (Å²) in [5, 5.41) is 12.7. The van der Waals surface area contributed by atoms with Crippen molar-refractivity contribution >= 4 is 28.5 Å². The van der Waals surface area contributed by atoms with Crippen molar-refractivity contribution in [2.75, 3.05) is 27.3 Å². The van der Waals surface area contributed by atoms with Crippen molar-refractivity contribution in [1.82, 2.24) is 4.98 Å². The summed E-state index contributed by atoms with van der Waals surface area (Å²) in [4.78, 5) is 18.1. The van der Waals surface area contributed by atoms with E-state index >= 15 is 0 Å². The fourth-order valence-corrected chi connectivity index (χ4v) is 4.12. The number of carbonyl (C=O) groups is 1. The Hall–Kier alpha value is -3.38. The maximum atomic E-state index is 12.1. The van der Waals surface area contributed by atoms with Crippen molar-refractivity contribution in [3.8, 4) is 11.5 Å². The van der Waals surface area contributed by atoms with Crippen molar-refractivity contribution < 1.29 is 24.3 Å². The third-order valence-electron chi connectivity index (χ3n) is 5.46. The second-order valence-electron chi connectivity index (χ2n) is 7.86. The smallest absolute Gasteiger partial charge is 0.161 e. The van der Waals surface area contributed by atoms with Crippen molar-refractivity contribution in [1.29, 1.82) is 0 Å². The lowest BCUT2D eigenvalue weighted by Gasteiger charge is -2.27. The highest BCUT2D eigenvalue weighted by Crippen LogP contribution is 2.32. The summed E-state index contributed by atoms with van der Waals surface area (Å²) in [5.41, 5.74) is 4.29. The van der Waals surface area contributed by atoms with Crippen LogP contribution in [0, 0.1) is 0 Å². The molecular formula is C25H26N2O4. The highest BCUT2D eigenvalue weighted by atomic mass is 16.5. The fraction of sp³-hybridized carbons (Fsp3) is 0.280. The molecule has 0 bridgehead atoms. The molecule has 0 spiro atoms. The first-order valence-corrected chi connectivity index (χ1v) is 10.5. The number of quaternary nitrogens is 1. The predicted octanol–water partition coefficient (Wildman–Crippen LogP) is 1.96. The van der Waals surface area contributed by atoms with Crippen LogP contribution in [0.2, 0.25) is 0 Å². The van der Waals surface area contributed by atoms with E-state index in [1.165, 1.54) is 4.90 Å². The van der Waals surface area contributed by atoms with Gasteiger partial charge in [-0.3, -0.25) is 0 Å². The van der Waals surface area contributed by atoms with Crippen LogP contribution in [0.5, 0.6) is 11.5 Å². The number of fused-ring (bicyclic) bond motifs is 2. The molecule has 4 rings (SSSR count). The number of methoxy groups -OCH3 is 1. The molecule has 6 heteroatoms. The van der Waals surface area contributed by atoms with Gasteiger partial charge in [0, 0.05) is 22.1 Å². The molecule has 1 aliphatic rings. The van der Waals surface area contributed by atoms with E-state index in [2.05, 4.69) is 13.0 Å². The zero-order valence-corrected chi connectivity index (χ0v) is 18.0. The molecule has 0 amide bonds. The number of hydrogen-bond acceptors (Lipinski definition) is 5. The summed E-state index contributed by atoms with van der Waals surface area (Å²) in [7, 11) is 3.67. The van der Waals surface area contributed by atoms with Crippen LogP contribution in [0.3, 0.4) is 0 Å². The van der Waals surface area contributed by atoms with E-state index in [1.807, 2.05) is 43.4 Å². The molecule has 0 radical (unpaired) electrons. The van der Waals surface area contributed by atoms with E-state index in [0.717, 1.165) is 35.4 Å². The van der Waals surface area contributed by atoms with Crippen LogP contribution in [-0.2, 0) is 6.54 Å². The molecule has 160 valence electrons. The zero-order valence-electron chi connectivity index (χ0n) is 18.0. The number of nitrogens with one attached hydrogen (secondary N) is 1. The molecule has 0 saturated heterocycles. The van der Waals surface area contributed by atoms with Gasteiger partial charge < -0.3 is 24.3 Å². The molecule has 1 unspecified atom stereocenters. The first kappa shape index (κ1) is 20.9. The van der Waals surface area contributed by atoms with Crippen LogP contribution >= 0.6 is 0 Å². The quantitative estimate of drug-likeness (QED) is 0.662. The Bertz CT molecular complexity index is 1170. The Balaban J connectivity index is 1.85. The van der Waals surface area contributed by atoms with Crippen LogP contribution in [0.1, 0.15) is 40.5 Å². The van der Waals surface area contributed by atoms with Gasteiger partial charge in [-0.15, -0.1) is 0 Å². The standard InChI is InChI=1S/C25H26N2O4/c1-4-11-31-21-10-9-16(13-22(21)30-3)12-17-14-27(2)15-19-23(25(28)29)18-7-5-6-8-20(18)26-24(17)19/h5-10,12-13H,4,11,14-15H2,1-3H3,(H,28,29)/b17-12+. The van der Waals surface area contributed by atoms with Gasteiger partial charge in [-0.25, -0.2) is 4.98 Å². The van der Waals surface area contributed by atoms with Gasteiger partial charge in [0.1, 0.15) is 13.1 Å². The third-order valence-corrected chi connectivity index (χ3v) is 5.46. The molecule has 31 heavy (non-hydrogen) atoms. The molecule has 2 heterocycles. The average molecular weight is 418 g/mol. The number of pyridine rings is 1. The SMILES string of the molecule is CCCOc1ccc(/C=C2\C[NH+](C)Cc3c2nc2ccccc2c3C(=O)[O-])cc1OC. The van der Waals surface area contributed by atoms with Crippen LogP contribution in [0.15, 0.2) is 42.5 Å². The Morgan fingerprint density at radius 1 is 1.19 bits per heavy atom. The summed E-state index contributed by atoms with van der Waals surface area (Å²) in [6, 6.07) is 13.1. The Labute approximate surface area is 181 Å². The Morgan fingerprint density at radius 2 is 2.00 bits per heavy atom. The summed E-state index contributed by atoms with van der Waals surface area (Å²) in [6.07, 6.45) is 2.97. The van der Waals surface area contributed by atoms with Gasteiger partial charge in [-0.2, -0.15) is 0 Å². The molecule has 6 nitrogen and oxygen atoms in total. The maximum Gasteiger partial charge on any atom is 0.161 e. The number of carboxylic acids is 1. The van der Waals surface area contributed by atoms with Gasteiger partial charge in [-0.1, -0.05) is 31.2 Å². The lowest BCUT2D eigenvalue weighted by Crippen LogP contribution is -3.08. The van der Waals surface area contributed by atoms with Crippen molar-refractivity contribution in [2.45, 2.75) is 19.9 Å². The van der Waals surface area contributed by atoms with E-state index in [-0.39, 0.29) is 5.56 Å². The summed E-state index contributed by atoms with van der Waals surface area (Å²) in [5.74, 6) is 0.214. The second kappa shape index (κ2) is 8.78. The van der Waals surface area contributed by atoms with Gasteiger partial charge in [-0.05, 0) is 36.3 Å². The first-order chi connectivity index (χ1) is 15.0. The number of aromatic carboxylic acids is 1. The molecule has 1 aromatic heterocycles. The number of carbonyl (C=O) groups excluding carboxylic acids is 1. The Kier molecular flexibility index (Phi) is 5.91. The van der Waals surface area contributed by atoms with Crippen molar-refractivity contribution in [3.05, 3.63) is 64.8 Å². The molecule has 0 saturated carbocycles. The summed E-state index contributed by atoms with van der Waals surface area (Å²) < 4.78 is 11.3.